The van der Waals surface area contributed by atoms with Crippen LogP contribution in [0, 0.1) is 12.7 Å². The van der Waals surface area contributed by atoms with Crippen molar-refractivity contribution in [2.75, 3.05) is 6.61 Å². The van der Waals surface area contributed by atoms with Gasteiger partial charge < -0.3 is 9.47 Å². The number of ether oxygens (including phenoxy) is 2. The second-order valence-electron chi connectivity index (χ2n) is 7.50. The number of carbonyl (C=O) groups is 1. The molecule has 28 heavy (non-hydrogen) atoms. The Morgan fingerprint density at radius 1 is 1.18 bits per heavy atom. The summed E-state index contributed by atoms with van der Waals surface area (Å²) in [6.07, 6.45) is 1.84. The molecule has 0 saturated heterocycles. The third-order valence-electron chi connectivity index (χ3n) is 5.19. The number of rotatable bonds is 7. The highest BCUT2D eigenvalue weighted by Gasteiger charge is 2.34. The van der Waals surface area contributed by atoms with Gasteiger partial charge in [-0.05, 0) is 39.3 Å². The second kappa shape index (κ2) is 8.74. The monoisotopic (exact) mass is 385 g/mol. The van der Waals surface area contributed by atoms with Gasteiger partial charge in [-0.15, -0.1) is 0 Å². The van der Waals surface area contributed by atoms with E-state index in [9.17, 15) is 4.79 Å². The predicted molar refractivity (Wildman–Crippen MR) is 107 cm³/mol. The van der Waals surface area contributed by atoms with Gasteiger partial charge in [-0.25, -0.2) is 9.18 Å². The molecule has 0 spiro atoms. The SMILES string of the molecule is CCCCOc1c2c(c(F)c(C)c1C(=O)Oc1ccccc1)CN(C(C)C)C2. The molecule has 1 heterocycles. The van der Waals surface area contributed by atoms with Gasteiger partial charge >= 0.3 is 5.97 Å². The summed E-state index contributed by atoms with van der Waals surface area (Å²) in [6.45, 7) is 9.45. The zero-order chi connectivity index (χ0) is 20.3. The Kier molecular flexibility index (Phi) is 6.35. The maximum Gasteiger partial charge on any atom is 0.347 e. The van der Waals surface area contributed by atoms with E-state index >= 15 is 4.39 Å². The van der Waals surface area contributed by atoms with Crippen molar-refractivity contribution in [3.63, 3.8) is 0 Å². The van der Waals surface area contributed by atoms with Gasteiger partial charge in [0.25, 0.3) is 0 Å². The van der Waals surface area contributed by atoms with Crippen LogP contribution in [-0.2, 0) is 13.1 Å². The summed E-state index contributed by atoms with van der Waals surface area (Å²) in [6, 6.07) is 9.10. The molecule has 150 valence electrons. The summed E-state index contributed by atoms with van der Waals surface area (Å²) in [7, 11) is 0. The quantitative estimate of drug-likeness (QED) is 0.370. The van der Waals surface area contributed by atoms with E-state index in [1.807, 2.05) is 6.07 Å². The minimum absolute atomic E-state index is 0.196. The molecule has 0 N–H and O–H groups in total. The number of benzene rings is 2. The van der Waals surface area contributed by atoms with Crippen LogP contribution in [0.25, 0.3) is 0 Å². The first-order chi connectivity index (χ1) is 13.4. The molecule has 2 aromatic carbocycles. The highest BCUT2D eigenvalue weighted by molar-refractivity contribution is 5.96. The number of hydrogen-bond acceptors (Lipinski definition) is 4. The van der Waals surface area contributed by atoms with Crippen molar-refractivity contribution in [2.24, 2.45) is 0 Å². The third kappa shape index (κ3) is 4.04. The van der Waals surface area contributed by atoms with E-state index in [2.05, 4.69) is 25.7 Å². The minimum atomic E-state index is -0.583. The van der Waals surface area contributed by atoms with Crippen LogP contribution in [-0.4, -0.2) is 23.5 Å². The third-order valence-corrected chi connectivity index (χ3v) is 5.19. The smallest absolute Gasteiger partial charge is 0.347 e. The van der Waals surface area contributed by atoms with Crippen LogP contribution in [0.15, 0.2) is 30.3 Å². The first kappa shape index (κ1) is 20.3. The normalized spacial score (nSPS) is 13.6. The molecule has 0 amide bonds. The summed E-state index contributed by atoms with van der Waals surface area (Å²) in [5, 5.41) is 0. The average molecular weight is 385 g/mol. The Morgan fingerprint density at radius 2 is 1.86 bits per heavy atom. The van der Waals surface area contributed by atoms with Crippen molar-refractivity contribution in [2.45, 2.75) is 59.7 Å². The number of fused-ring (bicyclic) bond motifs is 1. The van der Waals surface area contributed by atoms with Gasteiger partial charge in [0, 0.05) is 35.8 Å². The zero-order valence-corrected chi connectivity index (χ0v) is 17.0. The number of para-hydroxylation sites is 1. The number of nitrogens with zero attached hydrogens (tertiary/aromatic N) is 1. The minimum Gasteiger partial charge on any atom is -0.492 e. The Labute approximate surface area is 166 Å². The lowest BCUT2D eigenvalue weighted by Gasteiger charge is -2.19. The van der Waals surface area contributed by atoms with Crippen molar-refractivity contribution in [3.05, 3.63) is 58.4 Å². The fourth-order valence-corrected chi connectivity index (χ4v) is 3.46. The van der Waals surface area contributed by atoms with Crippen LogP contribution < -0.4 is 9.47 Å². The summed E-state index contributed by atoms with van der Waals surface area (Å²) < 4.78 is 26.7. The van der Waals surface area contributed by atoms with Crippen LogP contribution in [0.4, 0.5) is 4.39 Å². The molecule has 0 saturated carbocycles. The number of halogens is 1. The molecule has 4 nitrogen and oxygen atoms in total. The van der Waals surface area contributed by atoms with E-state index in [0.717, 1.165) is 18.4 Å². The van der Waals surface area contributed by atoms with Crippen molar-refractivity contribution in [1.29, 1.82) is 0 Å². The largest absolute Gasteiger partial charge is 0.492 e. The van der Waals surface area contributed by atoms with E-state index in [0.29, 0.717) is 36.8 Å². The van der Waals surface area contributed by atoms with E-state index in [-0.39, 0.29) is 23.0 Å². The molecule has 0 atom stereocenters. The van der Waals surface area contributed by atoms with Crippen molar-refractivity contribution < 1.29 is 18.7 Å². The van der Waals surface area contributed by atoms with E-state index in [1.165, 1.54) is 0 Å². The molecular weight excluding hydrogens is 357 g/mol. The summed E-state index contributed by atoms with van der Waals surface area (Å²) in [4.78, 5) is 15.1. The standard InChI is InChI=1S/C23H28FNO3/c1-5-6-12-27-22-19-14-25(15(2)3)13-18(19)21(24)16(4)20(22)23(26)28-17-10-8-7-9-11-17/h7-11,15H,5-6,12-14H2,1-4H3. The number of carbonyl (C=O) groups excluding carboxylic acids is 1. The van der Waals surface area contributed by atoms with E-state index in [4.69, 9.17) is 9.47 Å². The Balaban J connectivity index is 2.04. The molecule has 0 fully saturated rings. The maximum absolute atomic E-state index is 15.2. The van der Waals surface area contributed by atoms with Crippen molar-refractivity contribution >= 4 is 5.97 Å². The van der Waals surface area contributed by atoms with E-state index in [1.54, 1.807) is 31.2 Å². The number of hydrogen-bond donors (Lipinski definition) is 0. The molecule has 0 aromatic heterocycles. The van der Waals surface area contributed by atoms with Crippen LogP contribution >= 0.6 is 0 Å². The second-order valence-corrected chi connectivity index (χ2v) is 7.50. The van der Waals surface area contributed by atoms with E-state index < -0.39 is 5.97 Å². The molecule has 2 aromatic rings. The lowest BCUT2D eigenvalue weighted by Crippen LogP contribution is -2.24. The predicted octanol–water partition coefficient (Wildman–Crippen LogP) is 5.26. The van der Waals surface area contributed by atoms with Crippen LogP contribution in [0.2, 0.25) is 0 Å². The molecule has 0 aliphatic carbocycles. The Morgan fingerprint density at radius 3 is 2.50 bits per heavy atom. The molecule has 5 heteroatoms. The molecular formula is C23H28FNO3. The maximum atomic E-state index is 15.2. The Hall–Kier alpha value is -2.40. The molecule has 3 rings (SSSR count). The van der Waals surface area contributed by atoms with Gasteiger partial charge in [0.2, 0.25) is 0 Å². The van der Waals surface area contributed by atoms with Crippen LogP contribution in [0.5, 0.6) is 11.5 Å². The van der Waals surface area contributed by atoms with Crippen molar-refractivity contribution in [1.82, 2.24) is 4.90 Å². The fraction of sp³-hybridized carbons (Fsp3) is 0.435. The Bertz CT molecular complexity index is 849. The summed E-state index contributed by atoms with van der Waals surface area (Å²) in [5.41, 5.74) is 1.89. The van der Waals surface area contributed by atoms with Gasteiger partial charge in [0.15, 0.2) is 0 Å². The molecule has 0 unspecified atom stereocenters. The van der Waals surface area contributed by atoms with Gasteiger partial charge in [-0.1, -0.05) is 31.5 Å². The van der Waals surface area contributed by atoms with Gasteiger partial charge in [-0.2, -0.15) is 0 Å². The van der Waals surface area contributed by atoms with Crippen molar-refractivity contribution in [3.8, 4) is 11.5 Å². The van der Waals surface area contributed by atoms with Gasteiger partial charge in [0.05, 0.1) is 6.61 Å². The average Bonchev–Trinajstić information content (AvgIpc) is 3.12. The number of esters is 1. The van der Waals surface area contributed by atoms with Crippen LogP contribution in [0.3, 0.4) is 0 Å². The highest BCUT2D eigenvalue weighted by atomic mass is 19.1. The summed E-state index contributed by atoms with van der Waals surface area (Å²) >= 11 is 0. The molecule has 0 bridgehead atoms. The van der Waals surface area contributed by atoms with Gasteiger partial charge in [0.1, 0.15) is 22.9 Å². The van der Waals surface area contributed by atoms with Gasteiger partial charge in [-0.3, -0.25) is 4.90 Å². The lowest BCUT2D eigenvalue weighted by molar-refractivity contribution is 0.0728. The number of unbranched alkanes of at least 4 members (excludes halogenated alkanes) is 1. The lowest BCUT2D eigenvalue weighted by atomic mass is 9.98. The highest BCUT2D eigenvalue weighted by Crippen LogP contribution is 2.40. The van der Waals surface area contributed by atoms with Crippen LogP contribution in [0.1, 0.15) is 60.7 Å². The zero-order valence-electron chi connectivity index (χ0n) is 17.0. The first-order valence-electron chi connectivity index (χ1n) is 9.91. The fourth-order valence-electron chi connectivity index (χ4n) is 3.46. The summed E-state index contributed by atoms with van der Waals surface area (Å²) in [5.74, 6) is -0.0107. The molecule has 1 aliphatic heterocycles. The topological polar surface area (TPSA) is 38.8 Å². The first-order valence-corrected chi connectivity index (χ1v) is 9.91. The molecule has 0 radical (unpaired) electrons. The molecule has 1 aliphatic rings.